The number of halogens is 1. The van der Waals surface area contributed by atoms with Gasteiger partial charge in [-0.1, -0.05) is 35.9 Å². The van der Waals surface area contributed by atoms with Gasteiger partial charge in [-0.15, -0.1) is 0 Å². The normalized spacial score (nSPS) is 18.3. The van der Waals surface area contributed by atoms with Gasteiger partial charge in [0.25, 0.3) is 5.91 Å². The predicted octanol–water partition coefficient (Wildman–Crippen LogP) is 5.49. The van der Waals surface area contributed by atoms with Crippen LogP contribution in [0.25, 0.3) is 0 Å². The summed E-state index contributed by atoms with van der Waals surface area (Å²) in [6.45, 7) is -0.177. The summed E-state index contributed by atoms with van der Waals surface area (Å²) in [4.78, 5) is 38.0. The number of carbonyl (C=O) groups is 3. The van der Waals surface area contributed by atoms with E-state index >= 15 is 0 Å². The molecule has 1 N–H and O–H groups in total. The Kier molecular flexibility index (Phi) is 6.24. The second kappa shape index (κ2) is 9.47. The molecule has 174 valence electrons. The lowest BCUT2D eigenvalue weighted by molar-refractivity contribution is -0.119. The second-order valence-corrected chi connectivity index (χ2v) is 9.06. The van der Waals surface area contributed by atoms with Crippen LogP contribution in [0.15, 0.2) is 71.2 Å². The highest BCUT2D eigenvalue weighted by atomic mass is 35.5. The van der Waals surface area contributed by atoms with Gasteiger partial charge >= 0.3 is 0 Å². The molecule has 7 heteroatoms. The summed E-state index contributed by atoms with van der Waals surface area (Å²) < 4.78 is 11.7. The van der Waals surface area contributed by atoms with E-state index in [4.69, 9.17) is 21.1 Å². The molecule has 0 unspecified atom stereocenters. The van der Waals surface area contributed by atoms with Crippen molar-refractivity contribution in [2.24, 2.45) is 0 Å². The molecular formula is C27H24ClNO5. The number of carbonyl (C=O) groups excluding carboxylic acids is 3. The largest absolute Gasteiger partial charge is 0.484 e. The van der Waals surface area contributed by atoms with Gasteiger partial charge in [0.1, 0.15) is 17.3 Å². The predicted molar refractivity (Wildman–Crippen MR) is 128 cm³/mol. The van der Waals surface area contributed by atoms with Crippen molar-refractivity contribution in [2.45, 2.75) is 44.4 Å². The molecule has 3 aliphatic rings. The van der Waals surface area contributed by atoms with E-state index in [9.17, 15) is 14.4 Å². The van der Waals surface area contributed by atoms with Gasteiger partial charge in [-0.25, -0.2) is 0 Å². The van der Waals surface area contributed by atoms with Crippen molar-refractivity contribution in [1.82, 2.24) is 0 Å². The third-order valence-electron chi connectivity index (χ3n) is 6.37. The first-order chi connectivity index (χ1) is 16.5. The SMILES string of the molecule is O=C(COc1ccc(C2C3=C(CCCC3=O)OC3=C2C(=O)CCC3)cc1)Nc1ccccc1Cl. The van der Waals surface area contributed by atoms with Crippen molar-refractivity contribution >= 4 is 34.8 Å². The molecule has 34 heavy (non-hydrogen) atoms. The number of rotatable bonds is 5. The number of hydrogen-bond donors (Lipinski definition) is 1. The van der Waals surface area contributed by atoms with Gasteiger partial charge in [-0.3, -0.25) is 14.4 Å². The average Bonchev–Trinajstić information content (AvgIpc) is 2.84. The maximum absolute atomic E-state index is 12.9. The minimum atomic E-state index is -0.406. The molecule has 0 fully saturated rings. The summed E-state index contributed by atoms with van der Waals surface area (Å²) in [5, 5.41) is 3.17. The highest BCUT2D eigenvalue weighted by molar-refractivity contribution is 6.33. The van der Waals surface area contributed by atoms with Gasteiger partial charge in [0.2, 0.25) is 0 Å². The van der Waals surface area contributed by atoms with Crippen LogP contribution in [0.5, 0.6) is 5.75 Å². The summed E-state index contributed by atoms with van der Waals surface area (Å²) in [5.41, 5.74) is 2.61. The molecular weight excluding hydrogens is 454 g/mol. The molecule has 0 atom stereocenters. The quantitative estimate of drug-likeness (QED) is 0.616. The fraction of sp³-hybridized carbons (Fsp3) is 0.296. The van der Waals surface area contributed by atoms with E-state index in [2.05, 4.69) is 5.32 Å². The Balaban J connectivity index is 1.34. The first-order valence-electron chi connectivity index (χ1n) is 11.5. The first-order valence-corrected chi connectivity index (χ1v) is 11.9. The smallest absolute Gasteiger partial charge is 0.262 e. The summed E-state index contributed by atoms with van der Waals surface area (Å²) >= 11 is 6.07. The van der Waals surface area contributed by atoms with Crippen molar-refractivity contribution in [3.63, 3.8) is 0 Å². The van der Waals surface area contributed by atoms with Crippen LogP contribution in [0.4, 0.5) is 5.69 Å². The van der Waals surface area contributed by atoms with Crippen LogP contribution in [-0.4, -0.2) is 24.1 Å². The van der Waals surface area contributed by atoms with Gasteiger partial charge in [0, 0.05) is 42.7 Å². The van der Waals surface area contributed by atoms with Gasteiger partial charge in [-0.2, -0.15) is 0 Å². The van der Waals surface area contributed by atoms with Crippen LogP contribution in [0, 0.1) is 0 Å². The number of allylic oxidation sites excluding steroid dienone is 4. The zero-order chi connectivity index (χ0) is 23.7. The maximum Gasteiger partial charge on any atom is 0.262 e. The second-order valence-electron chi connectivity index (χ2n) is 8.65. The van der Waals surface area contributed by atoms with E-state index in [1.165, 1.54) is 0 Å². The minimum absolute atomic E-state index is 0.0488. The molecule has 0 spiro atoms. The molecule has 2 aliphatic carbocycles. The monoisotopic (exact) mass is 477 g/mol. The molecule has 0 bridgehead atoms. The lowest BCUT2D eigenvalue weighted by Gasteiger charge is -2.36. The van der Waals surface area contributed by atoms with E-state index in [0.717, 1.165) is 18.4 Å². The van der Waals surface area contributed by atoms with E-state index in [1.54, 1.807) is 36.4 Å². The van der Waals surface area contributed by atoms with Crippen LogP contribution in [0.3, 0.4) is 0 Å². The van der Waals surface area contributed by atoms with E-state index in [1.807, 2.05) is 12.1 Å². The third kappa shape index (κ3) is 4.38. The Morgan fingerprint density at radius 3 is 2.15 bits per heavy atom. The molecule has 0 radical (unpaired) electrons. The molecule has 5 rings (SSSR count). The lowest BCUT2D eigenvalue weighted by atomic mass is 9.73. The number of nitrogens with one attached hydrogen (secondary N) is 1. The molecule has 1 aliphatic heterocycles. The van der Waals surface area contributed by atoms with Crippen molar-refractivity contribution < 1.29 is 23.9 Å². The zero-order valence-corrected chi connectivity index (χ0v) is 19.3. The Morgan fingerprint density at radius 2 is 1.53 bits per heavy atom. The zero-order valence-electron chi connectivity index (χ0n) is 18.6. The van der Waals surface area contributed by atoms with Gasteiger partial charge in [0.15, 0.2) is 18.2 Å². The summed E-state index contributed by atoms with van der Waals surface area (Å²) in [7, 11) is 0. The summed E-state index contributed by atoms with van der Waals surface area (Å²) in [5.74, 6) is 1.31. The van der Waals surface area contributed by atoms with Crippen molar-refractivity contribution in [3.05, 3.63) is 81.8 Å². The molecule has 1 amide bonds. The lowest BCUT2D eigenvalue weighted by Crippen LogP contribution is -2.30. The van der Waals surface area contributed by atoms with Crippen molar-refractivity contribution in [1.29, 1.82) is 0 Å². The molecule has 0 saturated heterocycles. The van der Waals surface area contributed by atoms with Crippen LogP contribution < -0.4 is 10.1 Å². The molecule has 6 nitrogen and oxygen atoms in total. The standard InChI is InChI=1S/C27H24ClNO5/c28-18-5-1-2-6-19(18)29-24(32)15-33-17-13-11-16(12-14-17)25-26-20(30)7-3-9-22(26)34-23-10-4-8-21(31)27(23)25/h1-2,5-6,11-14,25H,3-4,7-10,15H2,(H,29,32). The van der Waals surface area contributed by atoms with E-state index in [-0.39, 0.29) is 24.1 Å². The number of para-hydroxylation sites is 1. The fourth-order valence-corrected chi connectivity index (χ4v) is 4.99. The third-order valence-corrected chi connectivity index (χ3v) is 6.70. The number of hydrogen-bond acceptors (Lipinski definition) is 5. The fourth-order valence-electron chi connectivity index (χ4n) is 4.81. The number of ether oxygens (including phenoxy) is 2. The van der Waals surface area contributed by atoms with Crippen LogP contribution in [-0.2, 0) is 19.1 Å². The van der Waals surface area contributed by atoms with Crippen LogP contribution in [0.1, 0.15) is 50.0 Å². The highest BCUT2D eigenvalue weighted by Crippen LogP contribution is 2.47. The van der Waals surface area contributed by atoms with Crippen molar-refractivity contribution in [3.8, 4) is 5.75 Å². The van der Waals surface area contributed by atoms with Gasteiger partial charge in [-0.05, 0) is 42.7 Å². The topological polar surface area (TPSA) is 81.7 Å². The summed E-state index contributed by atoms with van der Waals surface area (Å²) in [6, 6.07) is 14.2. The van der Waals surface area contributed by atoms with E-state index < -0.39 is 5.92 Å². The van der Waals surface area contributed by atoms with Gasteiger partial charge < -0.3 is 14.8 Å². The summed E-state index contributed by atoms with van der Waals surface area (Å²) in [6.07, 6.45) is 3.90. The maximum atomic E-state index is 12.9. The molecule has 0 saturated carbocycles. The van der Waals surface area contributed by atoms with Crippen LogP contribution in [0.2, 0.25) is 5.02 Å². The Labute approximate surface area is 202 Å². The number of anilines is 1. The van der Waals surface area contributed by atoms with E-state index in [0.29, 0.717) is 64.8 Å². The molecule has 2 aromatic rings. The molecule has 0 aromatic heterocycles. The number of Topliss-reactive ketones (excluding diaryl/α,β-unsaturated/α-hetero) is 2. The van der Waals surface area contributed by atoms with Crippen molar-refractivity contribution in [2.75, 3.05) is 11.9 Å². The van der Waals surface area contributed by atoms with Gasteiger partial charge in [0.05, 0.1) is 10.7 Å². The minimum Gasteiger partial charge on any atom is -0.484 e. The Bertz CT molecular complexity index is 1190. The average molecular weight is 478 g/mol. The molecule has 2 aromatic carbocycles. The Hall–Kier alpha value is -3.38. The number of benzene rings is 2. The number of ketones is 2. The number of amides is 1. The first kappa shape index (κ1) is 22.4. The van der Waals surface area contributed by atoms with Crippen LogP contribution >= 0.6 is 11.6 Å². The Morgan fingerprint density at radius 1 is 0.912 bits per heavy atom. The molecule has 1 heterocycles. The highest BCUT2D eigenvalue weighted by Gasteiger charge is 2.41.